The lowest BCUT2D eigenvalue weighted by molar-refractivity contribution is 0.454. The number of rotatable bonds is 6. The molecule has 2 rings (SSSR count). The standard InChI is InChI=1S/C15H15BrClFN2O/c1-2-4-19-9-10-3-5-20-15(6-10)21-14-8-13(18)12(17)7-11(14)16/h3,5-8,19H,2,4,9H2,1H3. The molecule has 0 saturated heterocycles. The molecular weight excluding hydrogens is 359 g/mol. The van der Waals surface area contributed by atoms with Gasteiger partial charge in [-0.1, -0.05) is 18.5 Å². The second-order valence-corrected chi connectivity index (χ2v) is 5.74. The van der Waals surface area contributed by atoms with Crippen molar-refractivity contribution >= 4 is 27.5 Å². The summed E-state index contributed by atoms with van der Waals surface area (Å²) in [5.74, 6) is 0.215. The van der Waals surface area contributed by atoms with Crippen LogP contribution in [0.1, 0.15) is 18.9 Å². The Morgan fingerprint density at radius 2 is 2.19 bits per heavy atom. The molecule has 0 atom stereocenters. The molecule has 0 amide bonds. The molecule has 0 radical (unpaired) electrons. The maximum atomic E-state index is 13.5. The van der Waals surface area contributed by atoms with E-state index >= 15 is 0 Å². The minimum Gasteiger partial charge on any atom is -0.438 e. The summed E-state index contributed by atoms with van der Waals surface area (Å²) in [6.45, 7) is 3.80. The minimum absolute atomic E-state index is 0.0414. The number of benzene rings is 1. The highest BCUT2D eigenvalue weighted by molar-refractivity contribution is 9.10. The van der Waals surface area contributed by atoms with Gasteiger partial charge < -0.3 is 10.1 Å². The van der Waals surface area contributed by atoms with Crippen molar-refractivity contribution < 1.29 is 9.13 Å². The van der Waals surface area contributed by atoms with E-state index in [1.807, 2.05) is 12.1 Å². The number of pyridine rings is 1. The molecule has 0 unspecified atom stereocenters. The molecule has 0 aliphatic heterocycles. The molecule has 2 aromatic rings. The lowest BCUT2D eigenvalue weighted by Crippen LogP contribution is -2.13. The van der Waals surface area contributed by atoms with E-state index < -0.39 is 5.82 Å². The molecule has 0 aliphatic rings. The third-order valence-corrected chi connectivity index (χ3v) is 3.65. The molecule has 0 aliphatic carbocycles. The quantitative estimate of drug-likeness (QED) is 0.576. The SMILES string of the molecule is CCCNCc1ccnc(Oc2cc(F)c(Cl)cc2Br)c1. The molecule has 0 bridgehead atoms. The smallest absolute Gasteiger partial charge is 0.219 e. The van der Waals surface area contributed by atoms with Gasteiger partial charge in [-0.25, -0.2) is 9.37 Å². The Kier molecular flexibility index (Phi) is 5.96. The molecule has 1 N–H and O–H groups in total. The maximum absolute atomic E-state index is 13.5. The lowest BCUT2D eigenvalue weighted by Gasteiger charge is -2.09. The van der Waals surface area contributed by atoms with Gasteiger partial charge in [0.05, 0.1) is 9.50 Å². The fraction of sp³-hybridized carbons (Fsp3) is 0.267. The normalized spacial score (nSPS) is 10.7. The van der Waals surface area contributed by atoms with Crippen LogP contribution < -0.4 is 10.1 Å². The Labute approximate surface area is 136 Å². The van der Waals surface area contributed by atoms with E-state index in [0.717, 1.165) is 25.1 Å². The molecule has 3 nitrogen and oxygen atoms in total. The second-order valence-electron chi connectivity index (χ2n) is 4.48. The van der Waals surface area contributed by atoms with Gasteiger partial charge in [0.15, 0.2) is 0 Å². The van der Waals surface area contributed by atoms with Crippen molar-refractivity contribution in [2.75, 3.05) is 6.54 Å². The zero-order valence-corrected chi connectivity index (χ0v) is 13.8. The number of nitrogens with zero attached hydrogens (tertiary/aromatic N) is 1. The van der Waals surface area contributed by atoms with E-state index in [2.05, 4.69) is 33.2 Å². The van der Waals surface area contributed by atoms with Crippen LogP contribution in [0, 0.1) is 5.82 Å². The first-order valence-corrected chi connectivity index (χ1v) is 7.75. The Balaban J connectivity index is 2.12. The van der Waals surface area contributed by atoms with Crippen molar-refractivity contribution in [1.82, 2.24) is 10.3 Å². The van der Waals surface area contributed by atoms with Gasteiger partial charge in [0.2, 0.25) is 5.88 Å². The van der Waals surface area contributed by atoms with Crippen molar-refractivity contribution in [3.05, 3.63) is 51.3 Å². The Bertz CT molecular complexity index is 625. The first-order valence-electron chi connectivity index (χ1n) is 6.58. The van der Waals surface area contributed by atoms with Crippen LogP contribution in [0.4, 0.5) is 4.39 Å². The van der Waals surface area contributed by atoms with Gasteiger partial charge in [-0.05, 0) is 46.6 Å². The topological polar surface area (TPSA) is 34.2 Å². The van der Waals surface area contributed by atoms with Gasteiger partial charge in [-0.2, -0.15) is 0 Å². The predicted molar refractivity (Wildman–Crippen MR) is 85.4 cm³/mol. The van der Waals surface area contributed by atoms with Gasteiger partial charge in [-0.15, -0.1) is 0 Å². The Morgan fingerprint density at radius 1 is 1.38 bits per heavy atom. The van der Waals surface area contributed by atoms with Gasteiger partial charge in [-0.3, -0.25) is 0 Å². The molecule has 1 aromatic heterocycles. The highest BCUT2D eigenvalue weighted by Gasteiger charge is 2.09. The number of ether oxygens (including phenoxy) is 1. The predicted octanol–water partition coefficient (Wildman–Crippen LogP) is 4.93. The third kappa shape index (κ3) is 4.66. The van der Waals surface area contributed by atoms with Crippen molar-refractivity contribution in [3.63, 3.8) is 0 Å². The number of hydrogen-bond donors (Lipinski definition) is 1. The first-order chi connectivity index (χ1) is 10.1. The van der Waals surface area contributed by atoms with Crippen LogP contribution >= 0.6 is 27.5 Å². The molecule has 0 spiro atoms. The monoisotopic (exact) mass is 372 g/mol. The number of halogens is 3. The van der Waals surface area contributed by atoms with Crippen LogP contribution in [-0.2, 0) is 6.54 Å². The van der Waals surface area contributed by atoms with Crippen molar-refractivity contribution in [2.24, 2.45) is 0 Å². The Hall–Kier alpha value is -1.17. The zero-order chi connectivity index (χ0) is 15.2. The van der Waals surface area contributed by atoms with E-state index in [4.69, 9.17) is 16.3 Å². The summed E-state index contributed by atoms with van der Waals surface area (Å²) in [7, 11) is 0. The van der Waals surface area contributed by atoms with Crippen molar-refractivity contribution in [1.29, 1.82) is 0 Å². The Morgan fingerprint density at radius 3 is 2.95 bits per heavy atom. The fourth-order valence-corrected chi connectivity index (χ4v) is 2.44. The average molecular weight is 374 g/mol. The lowest BCUT2D eigenvalue weighted by atomic mass is 10.2. The molecule has 0 saturated carbocycles. The number of nitrogens with one attached hydrogen (secondary N) is 1. The molecule has 112 valence electrons. The maximum Gasteiger partial charge on any atom is 0.219 e. The van der Waals surface area contributed by atoms with Crippen LogP contribution in [0.25, 0.3) is 0 Å². The zero-order valence-electron chi connectivity index (χ0n) is 11.5. The second kappa shape index (κ2) is 7.73. The van der Waals surface area contributed by atoms with Gasteiger partial charge in [0.25, 0.3) is 0 Å². The van der Waals surface area contributed by atoms with Gasteiger partial charge >= 0.3 is 0 Å². The molecular formula is C15H15BrClFN2O. The summed E-state index contributed by atoms with van der Waals surface area (Å²) in [5, 5.41) is 3.34. The summed E-state index contributed by atoms with van der Waals surface area (Å²) < 4.78 is 19.7. The van der Waals surface area contributed by atoms with E-state index in [0.29, 0.717) is 16.1 Å². The fourth-order valence-electron chi connectivity index (χ4n) is 1.72. The molecule has 1 heterocycles. The van der Waals surface area contributed by atoms with E-state index in [9.17, 15) is 4.39 Å². The van der Waals surface area contributed by atoms with Crippen LogP contribution in [-0.4, -0.2) is 11.5 Å². The van der Waals surface area contributed by atoms with Crippen LogP contribution in [0.2, 0.25) is 5.02 Å². The summed E-state index contributed by atoms with van der Waals surface area (Å²) >= 11 is 8.99. The van der Waals surface area contributed by atoms with Crippen molar-refractivity contribution in [3.8, 4) is 11.6 Å². The number of hydrogen-bond acceptors (Lipinski definition) is 3. The molecule has 0 fully saturated rings. The molecule has 1 aromatic carbocycles. The average Bonchev–Trinajstić information content (AvgIpc) is 2.45. The summed E-state index contributed by atoms with van der Waals surface area (Å²) in [5.41, 5.74) is 1.05. The van der Waals surface area contributed by atoms with Gasteiger partial charge in [0, 0.05) is 24.9 Å². The van der Waals surface area contributed by atoms with Crippen LogP contribution in [0.3, 0.4) is 0 Å². The number of aromatic nitrogens is 1. The highest BCUT2D eigenvalue weighted by Crippen LogP contribution is 2.33. The van der Waals surface area contributed by atoms with Crippen LogP contribution in [0.15, 0.2) is 34.9 Å². The van der Waals surface area contributed by atoms with Crippen molar-refractivity contribution in [2.45, 2.75) is 19.9 Å². The first kappa shape index (κ1) is 16.2. The largest absolute Gasteiger partial charge is 0.438 e. The minimum atomic E-state index is -0.532. The van der Waals surface area contributed by atoms with Gasteiger partial charge in [0.1, 0.15) is 11.6 Å². The van der Waals surface area contributed by atoms with E-state index in [1.165, 1.54) is 12.1 Å². The highest BCUT2D eigenvalue weighted by atomic mass is 79.9. The summed E-state index contributed by atoms with van der Waals surface area (Å²) in [6.07, 6.45) is 2.74. The van der Waals surface area contributed by atoms with Crippen LogP contribution in [0.5, 0.6) is 11.6 Å². The van der Waals surface area contributed by atoms with E-state index in [-0.39, 0.29) is 5.02 Å². The summed E-state index contributed by atoms with van der Waals surface area (Å²) in [4.78, 5) is 4.13. The van der Waals surface area contributed by atoms with E-state index in [1.54, 1.807) is 6.20 Å². The third-order valence-electron chi connectivity index (χ3n) is 2.74. The molecule has 21 heavy (non-hydrogen) atoms. The molecule has 6 heteroatoms. The summed E-state index contributed by atoms with van der Waals surface area (Å²) in [6, 6.07) is 6.42.